The van der Waals surface area contributed by atoms with Crippen molar-refractivity contribution in [1.82, 2.24) is 4.98 Å². The van der Waals surface area contributed by atoms with E-state index in [0.29, 0.717) is 0 Å². The number of benzene rings is 1. The van der Waals surface area contributed by atoms with Gasteiger partial charge in [0.15, 0.2) is 12.0 Å². The van der Waals surface area contributed by atoms with Crippen molar-refractivity contribution < 1.29 is 4.42 Å². The molecule has 2 rings (SSSR count). The molecule has 0 saturated heterocycles. The fourth-order valence-electron chi connectivity index (χ4n) is 1.14. The monoisotopic (exact) mass is 146 g/mol. The average Bonchev–Trinajstić information content (AvgIpc) is 2.50. The van der Waals surface area contributed by atoms with Crippen molar-refractivity contribution in [2.75, 3.05) is 0 Å². The summed E-state index contributed by atoms with van der Waals surface area (Å²) in [6.45, 7) is 1.98. The maximum atomic E-state index is 5.20. The number of rotatable bonds is 1. The minimum atomic E-state index is 0.870. The maximum absolute atomic E-state index is 5.20. The molecule has 0 amide bonds. The maximum Gasteiger partial charge on any atom is 0.181 e. The second-order valence-corrected chi connectivity index (χ2v) is 2.34. The zero-order valence-electron chi connectivity index (χ0n) is 6.24. The first-order valence-corrected chi connectivity index (χ1v) is 3.53. The molecule has 2 heteroatoms. The summed E-state index contributed by atoms with van der Waals surface area (Å²) >= 11 is 0. The van der Waals surface area contributed by atoms with E-state index >= 15 is 0 Å². The quantitative estimate of drug-likeness (QED) is 0.617. The Balaban J connectivity index is 2.79. The van der Waals surface area contributed by atoms with Crippen molar-refractivity contribution in [3.05, 3.63) is 36.6 Å². The van der Waals surface area contributed by atoms with Gasteiger partial charge in [-0.15, -0.1) is 0 Å². The Morgan fingerprint density at radius 2 is 2.36 bits per heavy atom. The smallest absolute Gasteiger partial charge is 0.181 e. The Morgan fingerprint density at radius 3 is 3.18 bits per heavy atom. The third-order valence-electron chi connectivity index (χ3n) is 1.70. The van der Waals surface area contributed by atoms with Crippen molar-refractivity contribution in [3.63, 3.8) is 0 Å². The van der Waals surface area contributed by atoms with E-state index in [1.807, 2.05) is 31.5 Å². The van der Waals surface area contributed by atoms with Gasteiger partial charge in [0, 0.05) is 5.56 Å². The second-order valence-electron chi connectivity index (χ2n) is 2.34. The van der Waals surface area contributed by atoms with E-state index in [1.54, 1.807) is 0 Å². The van der Waals surface area contributed by atoms with Gasteiger partial charge >= 0.3 is 0 Å². The van der Waals surface area contributed by atoms with Gasteiger partial charge in [0.1, 0.15) is 5.52 Å². The minimum Gasteiger partial charge on any atom is -0.443 e. The molecule has 11 heavy (non-hydrogen) atoms. The number of fused-ring (bicyclic) bond motifs is 1. The molecular weight excluding hydrogens is 138 g/mol. The first-order valence-electron chi connectivity index (χ1n) is 3.53. The fourth-order valence-corrected chi connectivity index (χ4v) is 1.14. The van der Waals surface area contributed by atoms with Gasteiger partial charge in [0.25, 0.3) is 0 Å². The topological polar surface area (TPSA) is 26.0 Å². The van der Waals surface area contributed by atoms with Crippen LogP contribution in [0.2, 0.25) is 0 Å². The van der Waals surface area contributed by atoms with E-state index in [0.717, 1.165) is 16.7 Å². The van der Waals surface area contributed by atoms with Crippen molar-refractivity contribution in [2.24, 2.45) is 0 Å². The van der Waals surface area contributed by atoms with Crippen LogP contribution in [0.15, 0.2) is 29.0 Å². The summed E-state index contributed by atoms with van der Waals surface area (Å²) in [4.78, 5) is 4.04. The molecule has 2 nitrogen and oxygen atoms in total. The molecule has 0 bridgehead atoms. The van der Waals surface area contributed by atoms with Gasteiger partial charge < -0.3 is 4.42 Å². The number of hydrogen-bond acceptors (Lipinski definition) is 2. The molecule has 1 heterocycles. The lowest BCUT2D eigenvalue weighted by Crippen LogP contribution is -1.76. The number of hydrogen-bond donors (Lipinski definition) is 0. The molecule has 0 saturated carbocycles. The van der Waals surface area contributed by atoms with Gasteiger partial charge in [-0.1, -0.05) is 19.1 Å². The lowest BCUT2D eigenvalue weighted by molar-refractivity contribution is 0.600. The molecule has 1 aromatic carbocycles. The molecule has 0 aliphatic rings. The van der Waals surface area contributed by atoms with Crippen molar-refractivity contribution in [1.29, 1.82) is 0 Å². The molecule has 0 aliphatic carbocycles. The molecule has 0 aliphatic heterocycles. The van der Waals surface area contributed by atoms with E-state index in [9.17, 15) is 0 Å². The summed E-state index contributed by atoms with van der Waals surface area (Å²) in [5, 5.41) is 0. The van der Waals surface area contributed by atoms with Crippen molar-refractivity contribution in [3.8, 4) is 0 Å². The standard InChI is InChI=1S/C9H8NO/c1-2-7-4-3-5-8-9(7)11-6-10-8/h2-6H,1H3. The summed E-state index contributed by atoms with van der Waals surface area (Å²) < 4.78 is 5.20. The number of nitrogens with zero attached hydrogens (tertiary/aromatic N) is 1. The van der Waals surface area contributed by atoms with Crippen LogP contribution in [0.3, 0.4) is 0 Å². The second kappa shape index (κ2) is 2.38. The Bertz CT molecular complexity index is 364. The van der Waals surface area contributed by atoms with E-state index in [1.165, 1.54) is 6.39 Å². The fraction of sp³-hybridized carbons (Fsp3) is 0.111. The largest absolute Gasteiger partial charge is 0.443 e. The summed E-state index contributed by atoms with van der Waals surface area (Å²) in [6, 6.07) is 5.92. The summed E-state index contributed by atoms with van der Waals surface area (Å²) in [5.74, 6) is 0. The van der Waals surface area contributed by atoms with Crippen LogP contribution in [0.25, 0.3) is 11.1 Å². The number of aromatic nitrogens is 1. The predicted molar refractivity (Wildman–Crippen MR) is 43.1 cm³/mol. The first-order chi connectivity index (χ1) is 5.42. The van der Waals surface area contributed by atoms with Gasteiger partial charge in [0.2, 0.25) is 0 Å². The number of para-hydroxylation sites is 1. The van der Waals surface area contributed by atoms with Crippen LogP contribution in [0.4, 0.5) is 0 Å². The van der Waals surface area contributed by atoms with Gasteiger partial charge in [-0.05, 0) is 12.5 Å². The minimum absolute atomic E-state index is 0.870. The Labute approximate surface area is 64.9 Å². The van der Waals surface area contributed by atoms with Crippen LogP contribution < -0.4 is 0 Å². The summed E-state index contributed by atoms with van der Waals surface area (Å²) in [7, 11) is 0. The summed E-state index contributed by atoms with van der Waals surface area (Å²) in [6.07, 6.45) is 3.48. The van der Waals surface area contributed by atoms with Crippen LogP contribution in [0, 0.1) is 6.42 Å². The zero-order chi connectivity index (χ0) is 7.68. The zero-order valence-corrected chi connectivity index (χ0v) is 6.24. The van der Waals surface area contributed by atoms with E-state index in [2.05, 4.69) is 4.98 Å². The molecule has 1 radical (unpaired) electrons. The van der Waals surface area contributed by atoms with Crippen LogP contribution in [-0.4, -0.2) is 4.98 Å². The third kappa shape index (κ3) is 0.909. The molecule has 0 unspecified atom stereocenters. The SMILES string of the molecule is C[CH]c1cccc2ncoc12. The summed E-state index contributed by atoms with van der Waals surface area (Å²) in [5.41, 5.74) is 2.88. The molecule has 0 fully saturated rings. The Morgan fingerprint density at radius 1 is 1.45 bits per heavy atom. The van der Waals surface area contributed by atoms with Crippen LogP contribution >= 0.6 is 0 Å². The highest BCUT2D eigenvalue weighted by Gasteiger charge is 2.01. The van der Waals surface area contributed by atoms with Crippen molar-refractivity contribution >= 4 is 11.1 Å². The van der Waals surface area contributed by atoms with Gasteiger partial charge in [-0.2, -0.15) is 0 Å². The highest BCUT2D eigenvalue weighted by Crippen LogP contribution is 2.17. The molecule has 0 spiro atoms. The lowest BCUT2D eigenvalue weighted by Gasteiger charge is -1.93. The third-order valence-corrected chi connectivity index (χ3v) is 1.70. The first kappa shape index (κ1) is 6.40. The molecule has 0 atom stereocenters. The van der Waals surface area contributed by atoms with Crippen LogP contribution in [0.5, 0.6) is 0 Å². The number of oxazole rings is 1. The highest BCUT2D eigenvalue weighted by molar-refractivity contribution is 5.77. The van der Waals surface area contributed by atoms with Crippen LogP contribution in [-0.2, 0) is 0 Å². The van der Waals surface area contributed by atoms with E-state index < -0.39 is 0 Å². The van der Waals surface area contributed by atoms with Crippen LogP contribution in [0.1, 0.15) is 12.5 Å². The highest BCUT2D eigenvalue weighted by atomic mass is 16.3. The van der Waals surface area contributed by atoms with Gasteiger partial charge in [-0.25, -0.2) is 4.98 Å². The average molecular weight is 146 g/mol. The molecule has 55 valence electrons. The predicted octanol–water partition coefficient (Wildman–Crippen LogP) is 2.40. The normalized spacial score (nSPS) is 10.6. The molecule has 1 aromatic heterocycles. The van der Waals surface area contributed by atoms with Crippen molar-refractivity contribution in [2.45, 2.75) is 6.92 Å². The van der Waals surface area contributed by atoms with Gasteiger partial charge in [-0.3, -0.25) is 0 Å². The molecular formula is C9H8NO. The Hall–Kier alpha value is -1.31. The molecule has 0 N–H and O–H groups in total. The van der Waals surface area contributed by atoms with E-state index in [4.69, 9.17) is 4.42 Å². The van der Waals surface area contributed by atoms with E-state index in [-0.39, 0.29) is 0 Å². The van der Waals surface area contributed by atoms with Gasteiger partial charge in [0.05, 0.1) is 0 Å². The molecule has 2 aromatic rings. The lowest BCUT2D eigenvalue weighted by atomic mass is 10.1. The Kier molecular flexibility index (Phi) is 1.39.